The number of H-pyrrole nitrogens is 1. The number of aromatic amines is 1. The second-order valence-corrected chi connectivity index (χ2v) is 11.1. The van der Waals surface area contributed by atoms with Gasteiger partial charge in [-0.25, -0.2) is 10.2 Å². The summed E-state index contributed by atoms with van der Waals surface area (Å²) in [6.07, 6.45) is 1.42. The zero-order chi connectivity index (χ0) is 28.7. The number of nitrogens with one attached hydrogen (secondary N) is 2. The Morgan fingerprint density at radius 2 is 1.77 bits per heavy atom. The molecule has 4 rings (SSSR count). The Kier molecular flexibility index (Phi) is 9.00. The van der Waals surface area contributed by atoms with Crippen LogP contribution in [-0.4, -0.2) is 45.8 Å². The van der Waals surface area contributed by atoms with Crippen molar-refractivity contribution in [1.82, 2.24) is 15.6 Å². The lowest BCUT2D eigenvalue weighted by molar-refractivity contribution is -0.625. The molecule has 206 valence electrons. The highest BCUT2D eigenvalue weighted by Gasteiger charge is 2.25. The van der Waals surface area contributed by atoms with Gasteiger partial charge in [-0.3, -0.25) is 4.79 Å². The summed E-state index contributed by atoms with van der Waals surface area (Å²) in [5.41, 5.74) is 7.38. The van der Waals surface area contributed by atoms with Crippen LogP contribution in [0.25, 0.3) is 17.1 Å². The van der Waals surface area contributed by atoms with Crippen LogP contribution in [0.3, 0.4) is 0 Å². The zero-order valence-corrected chi connectivity index (χ0v) is 23.7. The number of hydrogen-bond donors (Lipinski definition) is 3. The molecule has 0 radical (unpaired) electrons. The number of thioether (sulfide) groups is 1. The number of aliphatic carboxylic acids is 1. The molecule has 40 heavy (non-hydrogen) atoms. The summed E-state index contributed by atoms with van der Waals surface area (Å²) >= 11 is 1.28. The molecule has 10 heteroatoms. The number of ether oxygens (including phenoxy) is 1. The van der Waals surface area contributed by atoms with Gasteiger partial charge < -0.3 is 9.84 Å². The molecule has 1 heterocycles. The smallest absolute Gasteiger partial charge is 0.342 e. The molecule has 4 aromatic rings. The third-order valence-corrected chi connectivity index (χ3v) is 6.92. The topological polar surface area (TPSA) is 121 Å². The summed E-state index contributed by atoms with van der Waals surface area (Å²) in [5.74, 6) is -0.157. The molecule has 0 unspecified atom stereocenters. The van der Waals surface area contributed by atoms with Crippen LogP contribution in [0.1, 0.15) is 37.5 Å². The van der Waals surface area contributed by atoms with Crippen LogP contribution in [0, 0.1) is 6.92 Å². The molecule has 0 spiro atoms. The van der Waals surface area contributed by atoms with Gasteiger partial charge >= 0.3 is 11.1 Å². The first-order valence-electron chi connectivity index (χ1n) is 12.7. The maximum atomic E-state index is 12.6. The van der Waals surface area contributed by atoms with Crippen molar-refractivity contribution in [3.63, 3.8) is 0 Å². The van der Waals surface area contributed by atoms with Crippen molar-refractivity contribution in [2.75, 3.05) is 12.4 Å². The molecule has 9 nitrogen and oxygen atoms in total. The molecule has 0 bridgehead atoms. The number of benzene rings is 3. The van der Waals surface area contributed by atoms with Gasteiger partial charge in [0.15, 0.2) is 6.61 Å². The van der Waals surface area contributed by atoms with Gasteiger partial charge in [-0.05, 0) is 66.1 Å². The number of aromatic nitrogens is 3. The molecule has 0 aliphatic rings. The molecule has 0 saturated heterocycles. The fraction of sp³-hybridized carbons (Fsp3) is 0.233. The van der Waals surface area contributed by atoms with Gasteiger partial charge in [-0.1, -0.05) is 62.7 Å². The zero-order valence-electron chi connectivity index (χ0n) is 22.8. The number of hydrazone groups is 1. The van der Waals surface area contributed by atoms with E-state index in [9.17, 15) is 9.59 Å². The van der Waals surface area contributed by atoms with Crippen molar-refractivity contribution in [2.24, 2.45) is 5.10 Å². The maximum absolute atomic E-state index is 12.6. The maximum Gasteiger partial charge on any atom is 0.342 e. The Labute approximate surface area is 237 Å². The van der Waals surface area contributed by atoms with Crippen molar-refractivity contribution in [3.05, 3.63) is 89.5 Å². The van der Waals surface area contributed by atoms with Gasteiger partial charge in [0.2, 0.25) is 0 Å². The SMILES string of the molecule is Cc1ccc(-[n+]2c(SCC(=O)N/N=C/c3ccccc3OCC(=O)O)n[nH]c2-c2ccc(C(C)(C)C)cc2)cc1. The molecular weight excluding hydrogens is 526 g/mol. The lowest BCUT2D eigenvalue weighted by Crippen LogP contribution is -2.34. The molecular formula is C30H32N5O4S+. The number of carboxylic acid groups (broad SMARTS) is 1. The van der Waals surface area contributed by atoms with E-state index < -0.39 is 12.6 Å². The molecule has 0 saturated carbocycles. The number of rotatable bonds is 10. The van der Waals surface area contributed by atoms with E-state index in [0.29, 0.717) is 16.5 Å². The van der Waals surface area contributed by atoms with Crippen LogP contribution in [0.2, 0.25) is 0 Å². The molecule has 0 aliphatic heterocycles. The van der Waals surface area contributed by atoms with Crippen LogP contribution in [0.5, 0.6) is 5.75 Å². The largest absolute Gasteiger partial charge is 0.481 e. The number of nitrogens with zero attached hydrogens (tertiary/aromatic N) is 3. The summed E-state index contributed by atoms with van der Waals surface area (Å²) in [5, 5.41) is 21.2. The van der Waals surface area contributed by atoms with E-state index in [4.69, 9.17) is 9.84 Å². The summed E-state index contributed by atoms with van der Waals surface area (Å²) in [6, 6.07) is 23.4. The molecule has 0 aliphatic carbocycles. The molecule has 1 amide bonds. The number of aryl methyl sites for hydroxylation is 1. The number of hydrogen-bond acceptors (Lipinski definition) is 6. The van der Waals surface area contributed by atoms with Gasteiger partial charge in [-0.2, -0.15) is 9.67 Å². The predicted molar refractivity (Wildman–Crippen MR) is 155 cm³/mol. The average Bonchev–Trinajstić information content (AvgIpc) is 3.35. The average molecular weight is 559 g/mol. The Balaban J connectivity index is 1.49. The van der Waals surface area contributed by atoms with E-state index in [1.807, 2.05) is 35.8 Å². The second kappa shape index (κ2) is 12.6. The standard InChI is InChI=1S/C30H31N5O4S/c1-20-9-15-24(16-10-20)35-28(21-11-13-23(14-12-21)30(2,3)4)33-34-29(35)40-19-26(36)32-31-17-22-7-5-6-8-25(22)39-18-27(37)38/h5-17H,18-19H2,1-4H3,(H2,32,36,37,38)/p+1/b31-17+. The third kappa shape index (κ3) is 7.35. The first-order valence-corrected chi connectivity index (χ1v) is 13.7. The fourth-order valence-corrected chi connectivity index (χ4v) is 4.60. The summed E-state index contributed by atoms with van der Waals surface area (Å²) < 4.78 is 7.27. The van der Waals surface area contributed by atoms with Crippen LogP contribution in [0.15, 0.2) is 83.1 Å². The van der Waals surface area contributed by atoms with E-state index in [1.165, 1.54) is 23.5 Å². The highest BCUT2D eigenvalue weighted by molar-refractivity contribution is 7.99. The monoisotopic (exact) mass is 558 g/mol. The molecule has 0 fully saturated rings. The van der Waals surface area contributed by atoms with Crippen molar-refractivity contribution in [3.8, 4) is 22.8 Å². The van der Waals surface area contributed by atoms with Gasteiger partial charge in [-0.15, -0.1) is 5.10 Å². The van der Waals surface area contributed by atoms with Crippen LogP contribution < -0.4 is 14.7 Å². The summed E-state index contributed by atoms with van der Waals surface area (Å²) in [6.45, 7) is 8.11. The summed E-state index contributed by atoms with van der Waals surface area (Å²) in [7, 11) is 0. The van der Waals surface area contributed by atoms with Gasteiger partial charge in [0.25, 0.3) is 11.7 Å². The minimum absolute atomic E-state index is 0.0455. The lowest BCUT2D eigenvalue weighted by atomic mass is 9.87. The van der Waals surface area contributed by atoms with Crippen molar-refractivity contribution >= 4 is 29.9 Å². The van der Waals surface area contributed by atoms with Crippen LogP contribution in [0.4, 0.5) is 0 Å². The summed E-state index contributed by atoms with van der Waals surface area (Å²) in [4.78, 5) is 23.4. The second-order valence-electron chi connectivity index (χ2n) is 10.2. The van der Waals surface area contributed by atoms with Gasteiger partial charge in [0.05, 0.1) is 22.6 Å². The highest BCUT2D eigenvalue weighted by Crippen LogP contribution is 2.26. The number of carbonyl (C=O) groups is 2. The number of carboxylic acids is 1. The minimum atomic E-state index is -1.08. The third-order valence-electron chi connectivity index (χ3n) is 5.98. The normalized spacial score (nSPS) is 11.5. The van der Waals surface area contributed by atoms with Crippen molar-refractivity contribution < 1.29 is 24.0 Å². The highest BCUT2D eigenvalue weighted by atomic mass is 32.2. The molecule has 0 atom stereocenters. The molecule has 3 N–H and O–H groups in total. The molecule has 3 aromatic carbocycles. The Morgan fingerprint density at radius 3 is 2.45 bits per heavy atom. The van der Waals surface area contributed by atoms with Gasteiger partial charge in [0, 0.05) is 5.56 Å². The first kappa shape index (κ1) is 28.6. The van der Waals surface area contributed by atoms with E-state index in [2.05, 4.69) is 65.8 Å². The number of carbonyl (C=O) groups excluding carboxylic acids is 1. The minimum Gasteiger partial charge on any atom is -0.481 e. The van der Waals surface area contributed by atoms with E-state index >= 15 is 0 Å². The van der Waals surface area contributed by atoms with E-state index in [1.54, 1.807) is 24.3 Å². The van der Waals surface area contributed by atoms with E-state index in [0.717, 1.165) is 22.6 Å². The number of amides is 1. The Bertz CT molecular complexity index is 1510. The Morgan fingerprint density at radius 1 is 1.07 bits per heavy atom. The number of para-hydroxylation sites is 1. The first-order chi connectivity index (χ1) is 19.1. The Hall–Kier alpha value is -4.44. The fourth-order valence-electron chi connectivity index (χ4n) is 3.84. The van der Waals surface area contributed by atoms with Crippen LogP contribution >= 0.6 is 11.8 Å². The van der Waals surface area contributed by atoms with Crippen LogP contribution in [-0.2, 0) is 15.0 Å². The van der Waals surface area contributed by atoms with E-state index in [-0.39, 0.29) is 17.1 Å². The van der Waals surface area contributed by atoms with Crippen molar-refractivity contribution in [2.45, 2.75) is 38.3 Å². The van der Waals surface area contributed by atoms with Gasteiger partial charge in [0.1, 0.15) is 11.4 Å². The quantitative estimate of drug-likeness (QED) is 0.113. The van der Waals surface area contributed by atoms with Crippen molar-refractivity contribution in [1.29, 1.82) is 0 Å². The predicted octanol–water partition coefficient (Wildman–Crippen LogP) is 4.67. The molecule has 1 aromatic heterocycles. The lowest BCUT2D eigenvalue weighted by Gasteiger charge is -2.18.